The maximum absolute atomic E-state index is 13.5. The molecule has 0 aliphatic heterocycles. The molecular formula is C28H32N6O7. The van der Waals surface area contributed by atoms with Crippen molar-refractivity contribution < 1.29 is 34.2 Å². The van der Waals surface area contributed by atoms with E-state index in [0.717, 1.165) is 0 Å². The molecule has 2 aromatic carbocycles. The van der Waals surface area contributed by atoms with E-state index in [4.69, 9.17) is 10.8 Å². The van der Waals surface area contributed by atoms with E-state index in [0.29, 0.717) is 16.8 Å². The van der Waals surface area contributed by atoms with Gasteiger partial charge in [-0.05, 0) is 11.1 Å². The van der Waals surface area contributed by atoms with E-state index in [-0.39, 0.29) is 19.3 Å². The summed E-state index contributed by atoms with van der Waals surface area (Å²) >= 11 is 0. The molecule has 0 spiro atoms. The second-order valence-corrected chi connectivity index (χ2v) is 9.39. The van der Waals surface area contributed by atoms with Crippen molar-refractivity contribution in [2.75, 3.05) is 0 Å². The smallest absolute Gasteiger partial charge is 0.326 e. The molecule has 3 amide bonds. The van der Waals surface area contributed by atoms with Crippen molar-refractivity contribution in [1.82, 2.24) is 25.9 Å². The highest BCUT2D eigenvalue weighted by molar-refractivity contribution is 5.95. The number of carbonyl (C=O) groups excluding carboxylic acids is 3. The number of aromatic amines is 1. The van der Waals surface area contributed by atoms with E-state index in [1.54, 1.807) is 60.7 Å². The van der Waals surface area contributed by atoms with E-state index in [2.05, 4.69) is 25.9 Å². The monoisotopic (exact) mass is 564 g/mol. The minimum absolute atomic E-state index is 0.0217. The van der Waals surface area contributed by atoms with Crippen molar-refractivity contribution in [3.8, 4) is 0 Å². The molecule has 4 unspecified atom stereocenters. The second-order valence-electron chi connectivity index (χ2n) is 9.39. The normalized spacial score (nSPS) is 13.7. The van der Waals surface area contributed by atoms with Crippen molar-refractivity contribution in [3.63, 3.8) is 0 Å². The van der Waals surface area contributed by atoms with Gasteiger partial charge in [-0.15, -0.1) is 0 Å². The largest absolute Gasteiger partial charge is 0.481 e. The average Bonchev–Trinajstić information content (AvgIpc) is 3.45. The number of H-pyrrole nitrogens is 1. The molecule has 0 radical (unpaired) electrons. The third-order valence-corrected chi connectivity index (χ3v) is 6.16. The lowest BCUT2D eigenvalue weighted by atomic mass is 10.0. The summed E-state index contributed by atoms with van der Waals surface area (Å²) < 4.78 is 0. The second kappa shape index (κ2) is 14.9. The van der Waals surface area contributed by atoms with Crippen LogP contribution in [-0.4, -0.2) is 74.0 Å². The van der Waals surface area contributed by atoms with Gasteiger partial charge in [-0.2, -0.15) is 0 Å². The first-order valence-corrected chi connectivity index (χ1v) is 12.8. The Morgan fingerprint density at radius 2 is 1.22 bits per heavy atom. The summed E-state index contributed by atoms with van der Waals surface area (Å²) in [6, 6.07) is 12.4. The van der Waals surface area contributed by atoms with Gasteiger partial charge in [-0.1, -0.05) is 60.7 Å². The van der Waals surface area contributed by atoms with Crippen LogP contribution in [0.4, 0.5) is 0 Å². The molecule has 0 saturated heterocycles. The van der Waals surface area contributed by atoms with Gasteiger partial charge in [-0.25, -0.2) is 9.78 Å². The molecule has 13 nitrogen and oxygen atoms in total. The zero-order chi connectivity index (χ0) is 29.8. The highest BCUT2D eigenvalue weighted by Gasteiger charge is 2.31. The highest BCUT2D eigenvalue weighted by atomic mass is 16.4. The van der Waals surface area contributed by atoms with Crippen LogP contribution in [0.2, 0.25) is 0 Å². The van der Waals surface area contributed by atoms with Crippen LogP contribution in [0.5, 0.6) is 0 Å². The van der Waals surface area contributed by atoms with Crippen molar-refractivity contribution in [2.24, 2.45) is 5.73 Å². The molecule has 0 saturated carbocycles. The van der Waals surface area contributed by atoms with Crippen molar-refractivity contribution in [2.45, 2.75) is 49.9 Å². The van der Waals surface area contributed by atoms with Gasteiger partial charge in [0.25, 0.3) is 0 Å². The predicted octanol–water partition coefficient (Wildman–Crippen LogP) is -0.221. The Morgan fingerprint density at radius 3 is 1.71 bits per heavy atom. The molecular weight excluding hydrogens is 532 g/mol. The number of aromatic nitrogens is 2. The van der Waals surface area contributed by atoms with Crippen LogP contribution < -0.4 is 21.7 Å². The number of carboxylic acid groups (broad SMARTS) is 2. The van der Waals surface area contributed by atoms with Gasteiger partial charge in [0.1, 0.15) is 18.1 Å². The Labute approximate surface area is 235 Å². The van der Waals surface area contributed by atoms with Gasteiger partial charge >= 0.3 is 11.9 Å². The molecule has 0 fully saturated rings. The first kappa shape index (κ1) is 30.5. The predicted molar refractivity (Wildman–Crippen MR) is 146 cm³/mol. The maximum atomic E-state index is 13.5. The van der Waals surface area contributed by atoms with Crippen LogP contribution in [0, 0.1) is 0 Å². The van der Waals surface area contributed by atoms with Gasteiger partial charge in [0.15, 0.2) is 0 Å². The number of imidazole rings is 1. The number of aliphatic carboxylic acids is 2. The Balaban J connectivity index is 1.81. The average molecular weight is 565 g/mol. The van der Waals surface area contributed by atoms with E-state index in [1.165, 1.54) is 12.5 Å². The zero-order valence-electron chi connectivity index (χ0n) is 22.0. The third kappa shape index (κ3) is 9.89. The van der Waals surface area contributed by atoms with Crippen molar-refractivity contribution >= 4 is 29.7 Å². The summed E-state index contributed by atoms with van der Waals surface area (Å²) in [5, 5.41) is 26.3. The van der Waals surface area contributed by atoms with Crippen LogP contribution in [0.15, 0.2) is 73.2 Å². The topological polar surface area (TPSA) is 217 Å². The lowest BCUT2D eigenvalue weighted by molar-refractivity contribution is -0.142. The first-order valence-electron chi connectivity index (χ1n) is 12.8. The van der Waals surface area contributed by atoms with E-state index in [9.17, 15) is 29.1 Å². The number of carboxylic acids is 2. The lowest BCUT2D eigenvalue weighted by Crippen LogP contribution is -2.58. The van der Waals surface area contributed by atoms with Crippen molar-refractivity contribution in [3.05, 3.63) is 90.0 Å². The number of nitrogens with one attached hydrogen (secondary N) is 4. The standard InChI is InChI=1S/C28H32N6O7/c29-20(14-24(35)36)25(37)32-22(13-19-15-30-16-31-19)27(39)33-21(11-17-7-3-1-4-8-17)26(38)34-23(28(40)41)12-18-9-5-2-6-10-18/h1-10,15-16,20-23H,11-14,29H2,(H,30,31)(H,32,37)(H,33,39)(H,34,38)(H,35,36)(H,40,41). The molecule has 3 rings (SSSR count). The van der Waals surface area contributed by atoms with Crippen LogP contribution in [0.3, 0.4) is 0 Å². The Morgan fingerprint density at radius 1 is 0.732 bits per heavy atom. The number of carbonyl (C=O) groups is 5. The summed E-state index contributed by atoms with van der Waals surface area (Å²) in [5.41, 5.74) is 7.55. The molecule has 0 aliphatic carbocycles. The van der Waals surface area contributed by atoms with Gasteiger partial charge in [0, 0.05) is 31.2 Å². The number of nitrogens with two attached hydrogens (primary N) is 1. The third-order valence-electron chi connectivity index (χ3n) is 6.16. The van der Waals surface area contributed by atoms with E-state index >= 15 is 0 Å². The maximum Gasteiger partial charge on any atom is 0.326 e. The van der Waals surface area contributed by atoms with Crippen LogP contribution in [0.1, 0.15) is 23.2 Å². The molecule has 1 heterocycles. The van der Waals surface area contributed by atoms with Gasteiger partial charge in [-0.3, -0.25) is 19.2 Å². The number of rotatable bonds is 15. The Hall–Kier alpha value is -5.04. The fraction of sp³-hybridized carbons (Fsp3) is 0.286. The molecule has 8 N–H and O–H groups in total. The Kier molecular flexibility index (Phi) is 11.1. The molecule has 0 aliphatic rings. The van der Waals surface area contributed by atoms with E-state index in [1.807, 2.05) is 0 Å². The molecule has 216 valence electrons. The molecule has 1 aromatic heterocycles. The molecule has 3 aromatic rings. The number of amides is 3. The number of benzene rings is 2. The van der Waals surface area contributed by atoms with Crippen molar-refractivity contribution in [1.29, 1.82) is 0 Å². The van der Waals surface area contributed by atoms with Crippen LogP contribution in [-0.2, 0) is 43.2 Å². The molecule has 0 bridgehead atoms. The molecule has 13 heteroatoms. The van der Waals surface area contributed by atoms with E-state index < -0.39 is 60.2 Å². The SMILES string of the molecule is NC(CC(=O)O)C(=O)NC(Cc1cnc[nH]1)C(=O)NC(Cc1ccccc1)C(=O)NC(Cc1ccccc1)C(=O)O. The number of hydrogen-bond donors (Lipinski definition) is 7. The van der Waals surface area contributed by atoms with Crippen LogP contribution in [0.25, 0.3) is 0 Å². The highest BCUT2D eigenvalue weighted by Crippen LogP contribution is 2.08. The number of nitrogens with zero attached hydrogens (tertiary/aromatic N) is 1. The van der Waals surface area contributed by atoms with Gasteiger partial charge in [0.2, 0.25) is 17.7 Å². The van der Waals surface area contributed by atoms with Crippen LogP contribution >= 0.6 is 0 Å². The summed E-state index contributed by atoms with van der Waals surface area (Å²) in [5.74, 6) is -4.90. The molecule has 4 atom stereocenters. The number of hydrogen-bond acceptors (Lipinski definition) is 7. The Bertz CT molecular complexity index is 1320. The minimum Gasteiger partial charge on any atom is -0.481 e. The summed E-state index contributed by atoms with van der Waals surface area (Å²) in [6.45, 7) is 0. The summed E-state index contributed by atoms with van der Waals surface area (Å²) in [6.07, 6.45) is 2.16. The minimum atomic E-state index is -1.41. The summed E-state index contributed by atoms with van der Waals surface area (Å²) in [7, 11) is 0. The summed E-state index contributed by atoms with van der Waals surface area (Å²) in [4.78, 5) is 69.1. The quantitative estimate of drug-likeness (QED) is 0.130. The zero-order valence-corrected chi connectivity index (χ0v) is 22.0. The van der Waals surface area contributed by atoms with Gasteiger partial charge in [0.05, 0.1) is 18.8 Å². The molecule has 41 heavy (non-hydrogen) atoms. The van der Waals surface area contributed by atoms with Gasteiger partial charge < -0.3 is 36.9 Å². The fourth-order valence-electron chi connectivity index (χ4n) is 4.04. The first-order chi connectivity index (χ1) is 19.6. The lowest BCUT2D eigenvalue weighted by Gasteiger charge is -2.25. The fourth-order valence-corrected chi connectivity index (χ4v) is 4.04.